The zero-order chi connectivity index (χ0) is 13.0. The second-order valence-corrected chi connectivity index (χ2v) is 4.13. The number of pyridine rings is 1. The third-order valence-corrected chi connectivity index (χ3v) is 3.01. The SMILES string of the molecule is COc1ccc(C(=O)N2CCNC[C@H]2CO)cn1. The number of nitrogens with one attached hydrogen (secondary N) is 1. The number of hydrogen-bond acceptors (Lipinski definition) is 5. The molecule has 2 rings (SSSR count). The predicted molar refractivity (Wildman–Crippen MR) is 65.6 cm³/mol. The van der Waals surface area contributed by atoms with Gasteiger partial charge in [0, 0.05) is 31.9 Å². The molecular weight excluding hydrogens is 234 g/mol. The number of carbonyl (C=O) groups excluding carboxylic acids is 1. The van der Waals surface area contributed by atoms with Crippen molar-refractivity contribution in [3.63, 3.8) is 0 Å². The Morgan fingerprint density at radius 3 is 3.11 bits per heavy atom. The summed E-state index contributed by atoms with van der Waals surface area (Å²) in [7, 11) is 1.53. The molecule has 6 heteroatoms. The van der Waals surface area contributed by atoms with Gasteiger partial charge in [0.05, 0.1) is 25.3 Å². The van der Waals surface area contributed by atoms with Gasteiger partial charge < -0.3 is 20.1 Å². The third kappa shape index (κ3) is 2.60. The van der Waals surface area contributed by atoms with Crippen molar-refractivity contribution >= 4 is 5.91 Å². The van der Waals surface area contributed by atoms with E-state index in [0.29, 0.717) is 24.5 Å². The Morgan fingerprint density at radius 2 is 2.50 bits per heavy atom. The van der Waals surface area contributed by atoms with Crippen molar-refractivity contribution in [3.05, 3.63) is 23.9 Å². The summed E-state index contributed by atoms with van der Waals surface area (Å²) < 4.78 is 4.95. The largest absolute Gasteiger partial charge is 0.481 e. The molecule has 1 aliphatic rings. The fourth-order valence-corrected chi connectivity index (χ4v) is 1.98. The lowest BCUT2D eigenvalue weighted by molar-refractivity contribution is 0.0536. The molecule has 1 aromatic heterocycles. The Balaban J connectivity index is 2.13. The minimum atomic E-state index is -0.173. The molecule has 0 saturated carbocycles. The van der Waals surface area contributed by atoms with Crippen molar-refractivity contribution in [2.45, 2.75) is 6.04 Å². The van der Waals surface area contributed by atoms with Crippen LogP contribution < -0.4 is 10.1 Å². The summed E-state index contributed by atoms with van der Waals surface area (Å²) in [6.45, 7) is 1.91. The number of hydrogen-bond donors (Lipinski definition) is 2. The number of piperazine rings is 1. The summed E-state index contributed by atoms with van der Waals surface area (Å²) in [5.41, 5.74) is 0.510. The van der Waals surface area contributed by atoms with Gasteiger partial charge in [0.15, 0.2) is 0 Å². The maximum absolute atomic E-state index is 12.3. The van der Waals surface area contributed by atoms with Crippen molar-refractivity contribution in [2.75, 3.05) is 33.4 Å². The normalized spacial score (nSPS) is 19.7. The molecular formula is C12H17N3O3. The number of aliphatic hydroxyl groups is 1. The summed E-state index contributed by atoms with van der Waals surface area (Å²) in [4.78, 5) is 18.0. The van der Waals surface area contributed by atoms with Gasteiger partial charge in [-0.3, -0.25) is 4.79 Å². The van der Waals surface area contributed by atoms with Crippen LogP contribution in [0.25, 0.3) is 0 Å². The first-order chi connectivity index (χ1) is 8.76. The minimum Gasteiger partial charge on any atom is -0.481 e. The van der Waals surface area contributed by atoms with Crippen LogP contribution >= 0.6 is 0 Å². The standard InChI is InChI=1S/C12H17N3O3/c1-18-11-3-2-9(6-14-11)12(17)15-5-4-13-7-10(15)8-16/h2-3,6,10,13,16H,4-5,7-8H2,1H3/t10-/m0/s1. The lowest BCUT2D eigenvalue weighted by Gasteiger charge is -2.35. The minimum absolute atomic E-state index is 0.0394. The number of nitrogens with zero attached hydrogens (tertiary/aromatic N) is 2. The fraction of sp³-hybridized carbons (Fsp3) is 0.500. The number of amides is 1. The van der Waals surface area contributed by atoms with Gasteiger partial charge in [-0.15, -0.1) is 0 Å². The van der Waals surface area contributed by atoms with Crippen LogP contribution in [0.2, 0.25) is 0 Å². The van der Waals surface area contributed by atoms with Crippen LogP contribution in [0.5, 0.6) is 5.88 Å². The molecule has 98 valence electrons. The highest BCUT2D eigenvalue weighted by Gasteiger charge is 2.26. The molecule has 0 aromatic carbocycles. The van der Waals surface area contributed by atoms with E-state index >= 15 is 0 Å². The first-order valence-corrected chi connectivity index (χ1v) is 5.89. The molecule has 0 spiro atoms. The molecule has 1 atom stereocenters. The second-order valence-electron chi connectivity index (χ2n) is 4.13. The first kappa shape index (κ1) is 12.8. The van der Waals surface area contributed by atoms with E-state index in [9.17, 15) is 9.90 Å². The van der Waals surface area contributed by atoms with Gasteiger partial charge in [0.2, 0.25) is 5.88 Å². The molecule has 1 aliphatic heterocycles. The topological polar surface area (TPSA) is 74.7 Å². The number of rotatable bonds is 3. The summed E-state index contributed by atoms with van der Waals surface area (Å²) in [6, 6.07) is 3.17. The number of aromatic nitrogens is 1. The monoisotopic (exact) mass is 251 g/mol. The number of ether oxygens (including phenoxy) is 1. The first-order valence-electron chi connectivity index (χ1n) is 5.89. The van der Waals surface area contributed by atoms with Crippen LogP contribution in [0.4, 0.5) is 0 Å². The second kappa shape index (κ2) is 5.79. The van der Waals surface area contributed by atoms with E-state index in [1.54, 1.807) is 17.0 Å². The van der Waals surface area contributed by atoms with Crippen LogP contribution in [0.15, 0.2) is 18.3 Å². The van der Waals surface area contributed by atoms with Gasteiger partial charge in [-0.1, -0.05) is 0 Å². The highest BCUT2D eigenvalue weighted by molar-refractivity contribution is 5.94. The summed E-state index contributed by atoms with van der Waals surface area (Å²) in [5, 5.41) is 12.4. The van der Waals surface area contributed by atoms with Crippen molar-refractivity contribution in [1.82, 2.24) is 15.2 Å². The van der Waals surface area contributed by atoms with Gasteiger partial charge in [-0.2, -0.15) is 0 Å². The van der Waals surface area contributed by atoms with Crippen LogP contribution in [0.1, 0.15) is 10.4 Å². The molecule has 0 bridgehead atoms. The van der Waals surface area contributed by atoms with Gasteiger partial charge in [-0.05, 0) is 6.07 Å². The average Bonchev–Trinajstić information content (AvgIpc) is 2.46. The summed E-state index contributed by atoms with van der Waals surface area (Å²) in [6.07, 6.45) is 1.50. The van der Waals surface area contributed by atoms with Crippen molar-refractivity contribution < 1.29 is 14.6 Å². The Labute approximate surface area is 106 Å². The smallest absolute Gasteiger partial charge is 0.255 e. The molecule has 0 aliphatic carbocycles. The molecule has 1 aromatic rings. The van der Waals surface area contributed by atoms with Crippen LogP contribution in [0.3, 0.4) is 0 Å². The van der Waals surface area contributed by atoms with Crippen LogP contribution in [-0.2, 0) is 0 Å². The average molecular weight is 251 g/mol. The third-order valence-electron chi connectivity index (χ3n) is 3.01. The highest BCUT2D eigenvalue weighted by atomic mass is 16.5. The maximum Gasteiger partial charge on any atom is 0.255 e. The Morgan fingerprint density at radius 1 is 1.67 bits per heavy atom. The van der Waals surface area contributed by atoms with Gasteiger partial charge in [0.1, 0.15) is 0 Å². The molecule has 6 nitrogen and oxygen atoms in total. The van der Waals surface area contributed by atoms with E-state index < -0.39 is 0 Å². The molecule has 2 N–H and O–H groups in total. The molecule has 0 unspecified atom stereocenters. The van der Waals surface area contributed by atoms with Crippen molar-refractivity contribution in [2.24, 2.45) is 0 Å². The van der Waals surface area contributed by atoms with E-state index in [1.807, 2.05) is 0 Å². The molecule has 1 fully saturated rings. The zero-order valence-electron chi connectivity index (χ0n) is 10.3. The maximum atomic E-state index is 12.3. The van der Waals surface area contributed by atoms with E-state index in [1.165, 1.54) is 13.3 Å². The van der Waals surface area contributed by atoms with E-state index in [0.717, 1.165) is 6.54 Å². The van der Waals surface area contributed by atoms with Crippen molar-refractivity contribution in [1.29, 1.82) is 0 Å². The summed E-state index contributed by atoms with van der Waals surface area (Å²) in [5.74, 6) is 0.372. The van der Waals surface area contributed by atoms with Crippen LogP contribution in [0, 0.1) is 0 Å². The fourth-order valence-electron chi connectivity index (χ4n) is 1.98. The number of aliphatic hydroxyl groups excluding tert-OH is 1. The quantitative estimate of drug-likeness (QED) is 0.757. The Hall–Kier alpha value is -1.66. The Kier molecular flexibility index (Phi) is 4.11. The molecule has 1 saturated heterocycles. The van der Waals surface area contributed by atoms with Gasteiger partial charge >= 0.3 is 0 Å². The number of carbonyl (C=O) groups is 1. The molecule has 18 heavy (non-hydrogen) atoms. The Bertz CT molecular complexity index is 408. The number of methoxy groups -OCH3 is 1. The molecule has 1 amide bonds. The summed E-state index contributed by atoms with van der Waals surface area (Å²) >= 11 is 0. The van der Waals surface area contributed by atoms with Crippen molar-refractivity contribution in [3.8, 4) is 5.88 Å². The van der Waals surface area contributed by atoms with Crippen LogP contribution in [-0.4, -0.2) is 60.3 Å². The van der Waals surface area contributed by atoms with Gasteiger partial charge in [0.25, 0.3) is 5.91 Å². The van der Waals surface area contributed by atoms with E-state index in [2.05, 4.69) is 10.3 Å². The van der Waals surface area contributed by atoms with E-state index in [-0.39, 0.29) is 18.6 Å². The lowest BCUT2D eigenvalue weighted by Crippen LogP contribution is -2.55. The highest BCUT2D eigenvalue weighted by Crippen LogP contribution is 2.12. The van der Waals surface area contributed by atoms with Gasteiger partial charge in [-0.25, -0.2) is 4.98 Å². The van der Waals surface area contributed by atoms with E-state index in [4.69, 9.17) is 4.74 Å². The zero-order valence-corrected chi connectivity index (χ0v) is 10.3. The molecule has 0 radical (unpaired) electrons. The predicted octanol–water partition coefficient (Wildman–Crippen LogP) is -0.503. The lowest BCUT2D eigenvalue weighted by atomic mass is 10.1. The molecule has 2 heterocycles.